The van der Waals surface area contributed by atoms with E-state index in [1.54, 1.807) is 0 Å². The van der Waals surface area contributed by atoms with Crippen LogP contribution in [0.15, 0.2) is 36.4 Å². The molecule has 0 saturated carbocycles. The average molecular weight is 200 g/mol. The number of hydrogen-bond acceptors (Lipinski definition) is 0. The molecule has 0 aromatic heterocycles. The van der Waals surface area contributed by atoms with Gasteiger partial charge in [0.15, 0.2) is 0 Å². The van der Waals surface area contributed by atoms with Crippen LogP contribution in [0.4, 0.5) is 0 Å². The smallest absolute Gasteiger partial charge is 0.0155 e. The summed E-state index contributed by atoms with van der Waals surface area (Å²) in [6.45, 7) is 8.38. The summed E-state index contributed by atoms with van der Waals surface area (Å²) in [5, 5.41) is 2.74. The van der Waals surface area contributed by atoms with Gasteiger partial charge in [-0.05, 0) is 35.2 Å². The molecule has 2 aromatic carbocycles. The number of fused-ring (bicyclic) bond motifs is 1. The largest absolute Gasteiger partial charge is 0.0683 e. The molecule has 0 heterocycles. The third kappa shape index (κ3) is 2.59. The van der Waals surface area contributed by atoms with E-state index >= 15 is 0 Å². The van der Waals surface area contributed by atoms with Crippen molar-refractivity contribution in [1.29, 1.82) is 0 Å². The molecule has 0 unspecified atom stereocenters. The quantitative estimate of drug-likeness (QED) is 0.624. The van der Waals surface area contributed by atoms with Crippen LogP contribution in [0.2, 0.25) is 0 Å². The van der Waals surface area contributed by atoms with Gasteiger partial charge in [0.2, 0.25) is 0 Å². The zero-order chi connectivity index (χ0) is 11.3. The zero-order valence-electron chi connectivity index (χ0n) is 10.2. The first-order valence-corrected chi connectivity index (χ1v) is 5.79. The van der Waals surface area contributed by atoms with Crippen LogP contribution in [0.1, 0.15) is 31.9 Å². The Kier molecular flexibility index (Phi) is 4.36. The summed E-state index contributed by atoms with van der Waals surface area (Å²) in [6.07, 6.45) is 1.12. The van der Waals surface area contributed by atoms with Crippen LogP contribution < -0.4 is 0 Å². The molecule has 0 saturated heterocycles. The van der Waals surface area contributed by atoms with Crippen molar-refractivity contribution in [1.82, 2.24) is 0 Å². The molecule has 0 fully saturated rings. The van der Waals surface area contributed by atoms with Crippen molar-refractivity contribution < 1.29 is 0 Å². The predicted molar refractivity (Wildman–Crippen MR) is 69.4 cm³/mol. The Morgan fingerprint density at radius 1 is 1.00 bits per heavy atom. The summed E-state index contributed by atoms with van der Waals surface area (Å²) >= 11 is 0. The van der Waals surface area contributed by atoms with E-state index in [2.05, 4.69) is 50.2 Å². The Labute approximate surface area is 92.9 Å². The topological polar surface area (TPSA) is 0 Å². The van der Waals surface area contributed by atoms with Crippen LogP contribution in [0.3, 0.4) is 0 Å². The molecule has 0 amide bonds. The first-order valence-electron chi connectivity index (χ1n) is 5.79. The van der Waals surface area contributed by atoms with Crippen LogP contribution in [-0.2, 0) is 6.42 Å². The second kappa shape index (κ2) is 5.55. The molecule has 80 valence electrons. The summed E-state index contributed by atoms with van der Waals surface area (Å²) in [5.74, 6) is 0. The zero-order valence-corrected chi connectivity index (χ0v) is 10.2. The van der Waals surface area contributed by atoms with Crippen molar-refractivity contribution in [3.63, 3.8) is 0 Å². The molecule has 15 heavy (non-hydrogen) atoms. The molecule has 0 heteroatoms. The summed E-state index contributed by atoms with van der Waals surface area (Å²) in [7, 11) is 0. The lowest BCUT2D eigenvalue weighted by Gasteiger charge is -2.04. The van der Waals surface area contributed by atoms with Gasteiger partial charge < -0.3 is 0 Å². The first kappa shape index (κ1) is 11.8. The molecule has 0 aliphatic heterocycles. The van der Waals surface area contributed by atoms with Crippen molar-refractivity contribution in [3.05, 3.63) is 47.5 Å². The monoisotopic (exact) mass is 200 g/mol. The van der Waals surface area contributed by atoms with Gasteiger partial charge in [0.25, 0.3) is 0 Å². The number of aryl methyl sites for hydroxylation is 2. The highest BCUT2D eigenvalue weighted by molar-refractivity contribution is 5.86. The van der Waals surface area contributed by atoms with Crippen molar-refractivity contribution in [3.8, 4) is 0 Å². The normalized spacial score (nSPS) is 9.60. The van der Waals surface area contributed by atoms with Gasteiger partial charge in [-0.2, -0.15) is 0 Å². The van der Waals surface area contributed by atoms with Gasteiger partial charge in [-0.1, -0.05) is 57.2 Å². The Morgan fingerprint density at radius 3 is 2.33 bits per heavy atom. The minimum Gasteiger partial charge on any atom is -0.0683 e. The molecular weight excluding hydrogens is 180 g/mol. The minimum atomic E-state index is 1.12. The molecular formula is C15H20. The molecule has 2 aromatic rings. The Hall–Kier alpha value is -1.30. The van der Waals surface area contributed by atoms with Crippen LogP contribution in [0.5, 0.6) is 0 Å². The Balaban J connectivity index is 0.000000531. The Bertz CT molecular complexity index is 427. The standard InChI is InChI=1S/C13H14.C2H6/c1-3-11-8-10(2)13-7-5-4-6-12(13)9-11;1-2/h4-9H,3H2,1-2H3;1-2H3. The molecule has 0 radical (unpaired) electrons. The van der Waals surface area contributed by atoms with E-state index in [9.17, 15) is 0 Å². The molecule has 0 nitrogen and oxygen atoms in total. The van der Waals surface area contributed by atoms with Gasteiger partial charge in [0.05, 0.1) is 0 Å². The summed E-state index contributed by atoms with van der Waals surface area (Å²) in [4.78, 5) is 0. The summed E-state index contributed by atoms with van der Waals surface area (Å²) in [5.41, 5.74) is 2.81. The van der Waals surface area contributed by atoms with E-state index in [1.807, 2.05) is 13.8 Å². The third-order valence-corrected chi connectivity index (χ3v) is 2.54. The van der Waals surface area contributed by atoms with Crippen molar-refractivity contribution in [2.75, 3.05) is 0 Å². The van der Waals surface area contributed by atoms with Gasteiger partial charge in [-0.25, -0.2) is 0 Å². The summed E-state index contributed by atoms with van der Waals surface area (Å²) in [6, 6.07) is 13.1. The second-order valence-corrected chi connectivity index (χ2v) is 3.49. The first-order chi connectivity index (χ1) is 7.31. The van der Waals surface area contributed by atoms with Crippen LogP contribution >= 0.6 is 0 Å². The van der Waals surface area contributed by atoms with E-state index in [-0.39, 0.29) is 0 Å². The fourth-order valence-electron chi connectivity index (χ4n) is 1.78. The van der Waals surface area contributed by atoms with Crippen molar-refractivity contribution >= 4 is 10.8 Å². The average Bonchev–Trinajstić information content (AvgIpc) is 2.31. The highest BCUT2D eigenvalue weighted by Gasteiger charge is 1.97. The SMILES string of the molecule is CC.CCc1cc(C)c2ccccc2c1. The molecule has 0 atom stereocenters. The lowest BCUT2D eigenvalue weighted by molar-refractivity contribution is 1.14. The van der Waals surface area contributed by atoms with Gasteiger partial charge >= 0.3 is 0 Å². The van der Waals surface area contributed by atoms with Crippen molar-refractivity contribution in [2.24, 2.45) is 0 Å². The molecule has 0 spiro atoms. The lowest BCUT2D eigenvalue weighted by atomic mass is 10.0. The van der Waals surface area contributed by atoms with Gasteiger partial charge in [-0.15, -0.1) is 0 Å². The Morgan fingerprint density at radius 2 is 1.67 bits per heavy atom. The lowest BCUT2D eigenvalue weighted by Crippen LogP contribution is -1.84. The second-order valence-electron chi connectivity index (χ2n) is 3.49. The van der Waals surface area contributed by atoms with Crippen LogP contribution in [0.25, 0.3) is 10.8 Å². The van der Waals surface area contributed by atoms with E-state index in [4.69, 9.17) is 0 Å². The third-order valence-electron chi connectivity index (χ3n) is 2.54. The fourth-order valence-corrected chi connectivity index (χ4v) is 1.78. The van der Waals surface area contributed by atoms with E-state index < -0.39 is 0 Å². The fraction of sp³-hybridized carbons (Fsp3) is 0.333. The maximum Gasteiger partial charge on any atom is -0.0155 e. The van der Waals surface area contributed by atoms with Crippen LogP contribution in [0, 0.1) is 6.92 Å². The van der Waals surface area contributed by atoms with E-state index in [0.717, 1.165) is 6.42 Å². The number of hydrogen-bond donors (Lipinski definition) is 0. The molecule has 2 rings (SSSR count). The van der Waals surface area contributed by atoms with E-state index in [0.29, 0.717) is 0 Å². The van der Waals surface area contributed by atoms with Gasteiger partial charge in [0.1, 0.15) is 0 Å². The summed E-state index contributed by atoms with van der Waals surface area (Å²) < 4.78 is 0. The predicted octanol–water partition coefficient (Wildman–Crippen LogP) is 4.74. The van der Waals surface area contributed by atoms with Gasteiger partial charge in [0, 0.05) is 0 Å². The maximum atomic E-state index is 2.28. The molecule has 0 aliphatic rings. The van der Waals surface area contributed by atoms with Crippen molar-refractivity contribution in [2.45, 2.75) is 34.1 Å². The van der Waals surface area contributed by atoms with Crippen LogP contribution in [-0.4, -0.2) is 0 Å². The number of rotatable bonds is 1. The molecule has 0 N–H and O–H groups in total. The maximum absolute atomic E-state index is 2.28. The number of benzene rings is 2. The minimum absolute atomic E-state index is 1.12. The highest BCUT2D eigenvalue weighted by Crippen LogP contribution is 2.20. The highest BCUT2D eigenvalue weighted by atomic mass is 14.0. The van der Waals surface area contributed by atoms with Gasteiger partial charge in [-0.3, -0.25) is 0 Å². The molecule has 0 aliphatic carbocycles. The molecule has 0 bridgehead atoms. The van der Waals surface area contributed by atoms with E-state index in [1.165, 1.54) is 21.9 Å².